The first kappa shape index (κ1) is 28.3. The third-order valence-electron chi connectivity index (χ3n) is 8.60. The fourth-order valence-electron chi connectivity index (χ4n) is 6.28. The number of H-pyrrole nitrogens is 2. The van der Waals surface area contributed by atoms with Crippen molar-refractivity contribution in [3.63, 3.8) is 0 Å². The lowest BCUT2D eigenvalue weighted by molar-refractivity contribution is 0.0718. The van der Waals surface area contributed by atoms with Crippen LogP contribution in [0.15, 0.2) is 95.0 Å². The summed E-state index contributed by atoms with van der Waals surface area (Å²) in [5.74, 6) is 7.56. The van der Waals surface area contributed by atoms with Gasteiger partial charge in [-0.2, -0.15) is 0 Å². The molecule has 47 heavy (non-hydrogen) atoms. The molecule has 8 rings (SSSR count). The molecule has 2 fully saturated rings. The fraction of sp³-hybridized carbons (Fsp3) is 0.200. The predicted octanol–water partition coefficient (Wildman–Crippen LogP) is 5.45. The molecule has 2 aromatic carbocycles. The molecule has 12 nitrogen and oxygen atoms in total. The topological polar surface area (TPSA) is 150 Å². The van der Waals surface area contributed by atoms with E-state index in [0.717, 1.165) is 57.7 Å². The van der Waals surface area contributed by atoms with Gasteiger partial charge in [0.1, 0.15) is 24.2 Å². The summed E-state index contributed by atoms with van der Waals surface area (Å²) in [6.07, 6.45) is 9.38. The quantitative estimate of drug-likeness (QED) is 0.190. The zero-order valence-corrected chi connectivity index (χ0v) is 25.1. The summed E-state index contributed by atoms with van der Waals surface area (Å²) in [6, 6.07) is 13.4. The molecule has 2 saturated heterocycles. The van der Waals surface area contributed by atoms with Crippen LogP contribution in [0.3, 0.4) is 0 Å². The number of nitrogens with zero attached hydrogens (tertiary/aromatic N) is 6. The predicted molar refractivity (Wildman–Crippen MR) is 170 cm³/mol. The highest BCUT2D eigenvalue weighted by Crippen LogP contribution is 2.35. The van der Waals surface area contributed by atoms with Crippen LogP contribution in [0.4, 0.5) is 0 Å². The molecule has 0 radical (unpaired) electrons. The second-order valence-corrected chi connectivity index (χ2v) is 11.7. The third-order valence-corrected chi connectivity index (χ3v) is 8.60. The van der Waals surface area contributed by atoms with Crippen LogP contribution in [-0.2, 0) is 0 Å². The van der Waals surface area contributed by atoms with Crippen LogP contribution in [0.2, 0.25) is 0 Å². The maximum absolute atomic E-state index is 13.0. The maximum atomic E-state index is 13.0. The van der Waals surface area contributed by atoms with E-state index < -0.39 is 0 Å². The van der Waals surface area contributed by atoms with Crippen molar-refractivity contribution >= 4 is 22.8 Å². The van der Waals surface area contributed by atoms with Gasteiger partial charge in [-0.25, -0.2) is 19.9 Å². The van der Waals surface area contributed by atoms with E-state index in [2.05, 4.69) is 43.3 Å². The van der Waals surface area contributed by atoms with Crippen LogP contribution in [0.1, 0.15) is 75.1 Å². The fourth-order valence-corrected chi connectivity index (χ4v) is 6.28. The number of nitrogens with one attached hydrogen (secondary N) is 2. The number of imidazole rings is 2. The van der Waals surface area contributed by atoms with Crippen molar-refractivity contribution in [3.05, 3.63) is 120 Å². The van der Waals surface area contributed by atoms with Gasteiger partial charge in [0.05, 0.1) is 35.0 Å². The first-order valence-electron chi connectivity index (χ1n) is 15.2. The van der Waals surface area contributed by atoms with Crippen LogP contribution >= 0.6 is 0 Å². The van der Waals surface area contributed by atoms with Crippen LogP contribution in [0.25, 0.3) is 22.3 Å². The SMILES string of the molecule is C=C1C[C@@H](c2nc3ccc(C#Cc4ccc(-c5cnc([C@@H]6CCCN6C(=O)c6cocn6)[nH]5)cc4)cc3[nH]2)N(C(=O)c2cocn2)C1. The summed E-state index contributed by atoms with van der Waals surface area (Å²) in [5, 5.41) is 0. The molecule has 2 aliphatic rings. The molecule has 2 aliphatic heterocycles. The van der Waals surface area contributed by atoms with Crippen molar-refractivity contribution < 1.29 is 18.4 Å². The minimum Gasteiger partial charge on any atom is -0.451 e. The molecule has 4 aromatic heterocycles. The van der Waals surface area contributed by atoms with Crippen molar-refractivity contribution in [2.24, 2.45) is 0 Å². The number of fused-ring (bicyclic) bond motifs is 1. The Balaban J connectivity index is 0.964. The number of aromatic nitrogens is 6. The summed E-state index contributed by atoms with van der Waals surface area (Å²) in [7, 11) is 0. The number of carbonyl (C=O) groups excluding carboxylic acids is 2. The van der Waals surface area contributed by atoms with Crippen molar-refractivity contribution in [1.82, 2.24) is 39.7 Å². The molecular weight excluding hydrogens is 596 g/mol. The van der Waals surface area contributed by atoms with E-state index in [1.807, 2.05) is 42.5 Å². The minimum atomic E-state index is -0.267. The number of benzene rings is 2. The van der Waals surface area contributed by atoms with E-state index in [0.29, 0.717) is 31.0 Å². The van der Waals surface area contributed by atoms with Crippen LogP contribution in [0.5, 0.6) is 0 Å². The zero-order chi connectivity index (χ0) is 31.9. The van der Waals surface area contributed by atoms with Gasteiger partial charge in [-0.1, -0.05) is 36.1 Å². The third kappa shape index (κ3) is 5.37. The van der Waals surface area contributed by atoms with Gasteiger partial charge in [0.15, 0.2) is 24.2 Å². The van der Waals surface area contributed by atoms with E-state index in [1.54, 1.807) is 16.0 Å². The molecule has 0 unspecified atom stereocenters. The van der Waals surface area contributed by atoms with Gasteiger partial charge in [0.2, 0.25) is 0 Å². The van der Waals surface area contributed by atoms with E-state index in [-0.39, 0.29) is 29.6 Å². The van der Waals surface area contributed by atoms with E-state index in [9.17, 15) is 9.59 Å². The number of amides is 2. The maximum Gasteiger partial charge on any atom is 0.276 e. The molecule has 2 N–H and O–H groups in total. The van der Waals surface area contributed by atoms with Gasteiger partial charge in [-0.15, -0.1) is 0 Å². The molecule has 0 bridgehead atoms. The van der Waals surface area contributed by atoms with Crippen molar-refractivity contribution in [2.45, 2.75) is 31.3 Å². The monoisotopic (exact) mass is 624 g/mol. The molecule has 6 aromatic rings. The Morgan fingerprint density at radius 1 is 0.851 bits per heavy atom. The second kappa shape index (κ2) is 11.6. The number of aromatic amines is 2. The standard InChI is InChI=1S/C35H28N8O4/c1-21-13-31(43(16-21)35(45)29-18-47-20-38-29)33-39-25-11-8-23(14-26(25)40-33)5-4-22-6-9-24(10-7-22)27-15-36-32(41-27)30-3-2-12-42(30)34(44)28-17-46-19-37-28/h6-11,14-15,17-20,30-31H,1-3,12-13,16H2,(H,36,41)(H,39,40)/t30-,31-/m0/s1. The van der Waals surface area contributed by atoms with Gasteiger partial charge in [-0.3, -0.25) is 9.59 Å². The largest absolute Gasteiger partial charge is 0.451 e. The molecular formula is C35H28N8O4. The van der Waals surface area contributed by atoms with Crippen LogP contribution in [-0.4, -0.2) is 64.6 Å². The Hall–Kier alpha value is -6.22. The lowest BCUT2D eigenvalue weighted by atomic mass is 10.1. The van der Waals surface area contributed by atoms with Gasteiger partial charge in [0, 0.05) is 24.2 Å². The second-order valence-electron chi connectivity index (χ2n) is 11.7. The lowest BCUT2D eigenvalue weighted by Gasteiger charge is -2.22. The number of rotatable bonds is 5. The van der Waals surface area contributed by atoms with E-state index in [1.165, 1.54) is 25.3 Å². The van der Waals surface area contributed by atoms with Gasteiger partial charge >= 0.3 is 0 Å². The molecule has 0 aliphatic carbocycles. The zero-order valence-electron chi connectivity index (χ0n) is 25.1. The van der Waals surface area contributed by atoms with Crippen molar-refractivity contribution in [3.8, 4) is 23.1 Å². The molecule has 0 spiro atoms. The average Bonchev–Trinajstić information content (AvgIpc) is 3.94. The first-order valence-corrected chi connectivity index (χ1v) is 15.2. The average molecular weight is 625 g/mol. The van der Waals surface area contributed by atoms with Crippen molar-refractivity contribution in [2.75, 3.05) is 13.1 Å². The smallest absolute Gasteiger partial charge is 0.276 e. The molecule has 6 heterocycles. The summed E-state index contributed by atoms with van der Waals surface area (Å²) in [4.78, 5) is 53.6. The Morgan fingerprint density at radius 3 is 2.32 bits per heavy atom. The van der Waals surface area contributed by atoms with Gasteiger partial charge < -0.3 is 28.6 Å². The molecule has 12 heteroatoms. The minimum absolute atomic E-state index is 0.139. The number of oxazole rings is 2. The molecule has 2 amide bonds. The molecule has 0 saturated carbocycles. The highest BCUT2D eigenvalue weighted by atomic mass is 16.3. The number of hydrogen-bond donors (Lipinski definition) is 2. The summed E-state index contributed by atoms with van der Waals surface area (Å²) >= 11 is 0. The Bertz CT molecular complexity index is 2170. The van der Waals surface area contributed by atoms with Crippen LogP contribution in [0, 0.1) is 11.8 Å². The number of likely N-dealkylation sites (tertiary alicyclic amines) is 2. The summed E-state index contributed by atoms with van der Waals surface area (Å²) in [6.45, 7) is 5.19. The van der Waals surface area contributed by atoms with Crippen molar-refractivity contribution in [1.29, 1.82) is 0 Å². The lowest BCUT2D eigenvalue weighted by Crippen LogP contribution is -2.31. The Labute approximate surface area is 268 Å². The van der Waals surface area contributed by atoms with Crippen LogP contribution < -0.4 is 0 Å². The van der Waals surface area contributed by atoms with Gasteiger partial charge in [0.25, 0.3) is 11.8 Å². The Morgan fingerprint density at radius 2 is 1.57 bits per heavy atom. The Kier molecular flexibility index (Phi) is 6.98. The highest BCUT2D eigenvalue weighted by Gasteiger charge is 2.36. The summed E-state index contributed by atoms with van der Waals surface area (Å²) in [5.41, 5.74) is 6.69. The first-order chi connectivity index (χ1) is 23.0. The molecule has 232 valence electrons. The highest BCUT2D eigenvalue weighted by molar-refractivity contribution is 5.93. The molecule has 2 atom stereocenters. The normalized spacial score (nSPS) is 17.7. The van der Waals surface area contributed by atoms with Gasteiger partial charge in [-0.05, 0) is 55.2 Å². The van der Waals surface area contributed by atoms with E-state index in [4.69, 9.17) is 13.8 Å². The number of carbonyl (C=O) groups is 2. The van der Waals surface area contributed by atoms with E-state index >= 15 is 0 Å². The number of hydrogen-bond acceptors (Lipinski definition) is 8. The summed E-state index contributed by atoms with van der Waals surface area (Å²) < 4.78 is 10.0.